The zero-order valence-corrected chi connectivity index (χ0v) is 11.8. The second kappa shape index (κ2) is 6.84. The molecule has 2 rings (SSSR count). The fourth-order valence-electron chi connectivity index (χ4n) is 1.62. The van der Waals surface area contributed by atoms with Crippen LogP contribution in [0.2, 0.25) is 0 Å². The number of nitrogens with one attached hydrogen (secondary N) is 1. The van der Waals surface area contributed by atoms with E-state index in [1.165, 1.54) is 5.57 Å². The third-order valence-electron chi connectivity index (χ3n) is 2.36. The van der Waals surface area contributed by atoms with Crippen molar-refractivity contribution in [2.24, 2.45) is 0 Å². The van der Waals surface area contributed by atoms with Crippen LogP contribution in [0.25, 0.3) is 6.08 Å². The van der Waals surface area contributed by atoms with Crippen molar-refractivity contribution in [3.8, 4) is 5.75 Å². The molecule has 0 saturated carbocycles. The minimum absolute atomic E-state index is 0. The molecule has 1 N–H and O–H groups in total. The number of hydrogen-bond acceptors (Lipinski definition) is 2. The average Bonchev–Trinajstić information content (AvgIpc) is 2.28. The summed E-state index contributed by atoms with van der Waals surface area (Å²) in [6.07, 6.45) is 2.18. The highest BCUT2D eigenvalue weighted by molar-refractivity contribution is 9.11. The summed E-state index contributed by atoms with van der Waals surface area (Å²) in [6.45, 7) is 6.05. The smallest absolute Gasteiger partial charge is 0.127 e. The largest absolute Gasteiger partial charge is 0.489 e. The number of benzene rings is 1. The minimum Gasteiger partial charge on any atom is -0.489 e. The molecule has 0 radical (unpaired) electrons. The molecule has 4 heteroatoms. The van der Waals surface area contributed by atoms with Crippen LogP contribution < -0.4 is 10.1 Å². The van der Waals surface area contributed by atoms with E-state index in [2.05, 4.69) is 40.0 Å². The van der Waals surface area contributed by atoms with Gasteiger partial charge in [0.05, 0.1) is 0 Å². The van der Waals surface area contributed by atoms with E-state index in [1.807, 2.05) is 18.2 Å². The molecule has 0 unspecified atom stereocenters. The Hall–Kier alpha value is -0.770. The van der Waals surface area contributed by atoms with E-state index in [0.29, 0.717) is 6.61 Å². The zero-order chi connectivity index (χ0) is 11.4. The van der Waals surface area contributed by atoms with Gasteiger partial charge in [-0.05, 0) is 17.7 Å². The molecule has 0 bridgehead atoms. The molecule has 1 aromatic rings. The molecule has 1 aromatic carbocycles. The molecule has 1 aliphatic heterocycles. The summed E-state index contributed by atoms with van der Waals surface area (Å²) in [5.74, 6) is 0.969. The lowest BCUT2D eigenvalue weighted by atomic mass is 10.1. The number of ether oxygens (including phenoxy) is 1. The normalized spacial score (nSPS) is 12.9. The molecule has 17 heavy (non-hydrogen) atoms. The Bertz CT molecular complexity index is 431. The average molecular weight is 317 g/mol. The third-order valence-corrected chi connectivity index (χ3v) is 2.64. The van der Waals surface area contributed by atoms with Crippen LogP contribution in [0.15, 0.2) is 40.9 Å². The zero-order valence-electron chi connectivity index (χ0n) is 9.41. The van der Waals surface area contributed by atoms with Gasteiger partial charge in [-0.3, -0.25) is 0 Å². The van der Waals surface area contributed by atoms with Gasteiger partial charge in [0.1, 0.15) is 12.4 Å². The van der Waals surface area contributed by atoms with Gasteiger partial charge in [-0.1, -0.05) is 40.7 Å². The monoisotopic (exact) mass is 315 g/mol. The molecule has 1 aliphatic rings. The second-order valence-corrected chi connectivity index (χ2v) is 4.87. The van der Waals surface area contributed by atoms with Crippen molar-refractivity contribution < 1.29 is 4.74 Å². The van der Waals surface area contributed by atoms with Crippen molar-refractivity contribution in [2.45, 2.75) is 0 Å². The fraction of sp³-hybridized carbons (Fsp3) is 0.231. The number of para-hydroxylation sites is 1. The number of fused-ring (bicyclic) bond motifs is 1. The van der Waals surface area contributed by atoms with E-state index in [0.717, 1.165) is 28.9 Å². The van der Waals surface area contributed by atoms with Gasteiger partial charge in [0.25, 0.3) is 0 Å². The number of hydrogen-bond donors (Lipinski definition) is 1. The highest BCUT2D eigenvalue weighted by Gasteiger charge is 2.09. The summed E-state index contributed by atoms with van der Waals surface area (Å²) in [4.78, 5) is 0. The predicted molar refractivity (Wildman–Crippen MR) is 78.1 cm³/mol. The van der Waals surface area contributed by atoms with Crippen molar-refractivity contribution in [3.63, 3.8) is 0 Å². The Morgan fingerprint density at radius 1 is 1.41 bits per heavy atom. The molecular formula is C13H15BrClNO. The van der Waals surface area contributed by atoms with Gasteiger partial charge in [-0.2, -0.15) is 0 Å². The fourth-order valence-corrected chi connectivity index (χ4v) is 1.82. The first-order valence-electron chi connectivity index (χ1n) is 5.21. The Morgan fingerprint density at radius 3 is 2.94 bits per heavy atom. The van der Waals surface area contributed by atoms with Gasteiger partial charge in [-0.25, -0.2) is 0 Å². The summed E-state index contributed by atoms with van der Waals surface area (Å²) < 4.78 is 6.61. The van der Waals surface area contributed by atoms with Crippen molar-refractivity contribution >= 4 is 34.4 Å². The van der Waals surface area contributed by atoms with Gasteiger partial charge in [0.2, 0.25) is 0 Å². The maximum atomic E-state index is 5.65. The molecular weight excluding hydrogens is 302 g/mol. The van der Waals surface area contributed by atoms with Gasteiger partial charge in [0, 0.05) is 23.1 Å². The third kappa shape index (κ3) is 4.19. The molecule has 0 aromatic heterocycles. The van der Waals surface area contributed by atoms with Crippen molar-refractivity contribution in [1.29, 1.82) is 0 Å². The highest BCUT2D eigenvalue weighted by atomic mass is 79.9. The number of rotatable bonds is 4. The van der Waals surface area contributed by atoms with Gasteiger partial charge < -0.3 is 10.1 Å². The molecule has 0 fully saturated rings. The molecule has 0 saturated heterocycles. The minimum atomic E-state index is 0. The van der Waals surface area contributed by atoms with Crippen molar-refractivity contribution in [2.75, 3.05) is 19.7 Å². The second-order valence-electron chi connectivity index (χ2n) is 3.75. The van der Waals surface area contributed by atoms with Crippen molar-refractivity contribution in [1.82, 2.24) is 5.32 Å². The highest BCUT2D eigenvalue weighted by Crippen LogP contribution is 2.25. The van der Waals surface area contributed by atoms with Crippen LogP contribution in [0.4, 0.5) is 0 Å². The lowest BCUT2D eigenvalue weighted by Crippen LogP contribution is -2.22. The first kappa shape index (κ1) is 14.3. The summed E-state index contributed by atoms with van der Waals surface area (Å²) in [5, 5.41) is 3.29. The van der Waals surface area contributed by atoms with E-state index in [-0.39, 0.29) is 12.4 Å². The molecule has 0 spiro atoms. The van der Waals surface area contributed by atoms with E-state index in [9.17, 15) is 0 Å². The van der Waals surface area contributed by atoms with E-state index in [4.69, 9.17) is 4.74 Å². The van der Waals surface area contributed by atoms with Crippen LogP contribution >= 0.6 is 28.3 Å². The Kier molecular flexibility index (Phi) is 5.75. The van der Waals surface area contributed by atoms with Crippen LogP contribution in [0, 0.1) is 0 Å². The van der Waals surface area contributed by atoms with Crippen LogP contribution in [-0.2, 0) is 0 Å². The lowest BCUT2D eigenvalue weighted by Gasteiger charge is -2.18. The van der Waals surface area contributed by atoms with Crippen LogP contribution in [0.5, 0.6) is 5.75 Å². The lowest BCUT2D eigenvalue weighted by molar-refractivity contribution is 0.343. The topological polar surface area (TPSA) is 21.3 Å². The maximum absolute atomic E-state index is 5.65. The van der Waals surface area contributed by atoms with Gasteiger partial charge >= 0.3 is 0 Å². The quantitative estimate of drug-likeness (QED) is 0.919. The predicted octanol–water partition coefficient (Wildman–Crippen LogP) is 3.38. The first-order chi connectivity index (χ1) is 7.75. The standard InChI is InChI=1S/C13H14BrNO.ClH/c1-10(14)7-15-8-11-6-12-4-2-3-5-13(12)16-9-11;/h2-6,15H,1,7-9H2;1H. The molecule has 1 heterocycles. The summed E-state index contributed by atoms with van der Waals surface area (Å²) in [6, 6.07) is 8.08. The Balaban J connectivity index is 0.00000144. The molecule has 0 aliphatic carbocycles. The molecule has 92 valence electrons. The van der Waals surface area contributed by atoms with E-state index >= 15 is 0 Å². The summed E-state index contributed by atoms with van der Waals surface area (Å²) >= 11 is 3.32. The maximum Gasteiger partial charge on any atom is 0.127 e. The van der Waals surface area contributed by atoms with Gasteiger partial charge in [0.15, 0.2) is 0 Å². The van der Waals surface area contributed by atoms with Crippen LogP contribution in [0.1, 0.15) is 5.56 Å². The SMILES string of the molecule is C=C(Br)CNCC1=Cc2ccccc2OC1.Cl. The van der Waals surface area contributed by atoms with E-state index in [1.54, 1.807) is 0 Å². The van der Waals surface area contributed by atoms with E-state index < -0.39 is 0 Å². The molecule has 0 amide bonds. The van der Waals surface area contributed by atoms with Gasteiger partial charge in [-0.15, -0.1) is 12.4 Å². The Morgan fingerprint density at radius 2 is 2.18 bits per heavy atom. The van der Waals surface area contributed by atoms with Crippen molar-refractivity contribution in [3.05, 3.63) is 46.5 Å². The molecule has 2 nitrogen and oxygen atoms in total. The Labute approximate surface area is 116 Å². The van der Waals surface area contributed by atoms with Crippen LogP contribution in [-0.4, -0.2) is 19.7 Å². The number of halogens is 2. The molecule has 0 atom stereocenters. The summed E-state index contributed by atoms with van der Waals surface area (Å²) in [5.41, 5.74) is 2.41. The summed E-state index contributed by atoms with van der Waals surface area (Å²) in [7, 11) is 0. The van der Waals surface area contributed by atoms with Crippen LogP contribution in [0.3, 0.4) is 0 Å². The first-order valence-corrected chi connectivity index (χ1v) is 6.00.